The largest absolute Gasteiger partial charge is 0.324 e. The third-order valence-corrected chi connectivity index (χ3v) is 2.78. The van der Waals surface area contributed by atoms with Crippen molar-refractivity contribution in [2.45, 2.75) is 12.5 Å². The van der Waals surface area contributed by atoms with E-state index in [9.17, 15) is 8.42 Å². The first-order chi connectivity index (χ1) is 6.99. The van der Waals surface area contributed by atoms with Gasteiger partial charge >= 0.3 is 0 Å². The van der Waals surface area contributed by atoms with E-state index in [1.165, 1.54) is 0 Å². The summed E-state index contributed by atoms with van der Waals surface area (Å²) in [6.07, 6.45) is 1.73. The summed E-state index contributed by atoms with van der Waals surface area (Å²) in [6, 6.07) is 9.50. The molecule has 0 heterocycles. The van der Waals surface area contributed by atoms with Crippen molar-refractivity contribution in [2.24, 2.45) is 5.73 Å². The maximum atomic E-state index is 10.8. The Hall–Kier alpha value is -0.910. The highest BCUT2D eigenvalue weighted by Crippen LogP contribution is 2.12. The van der Waals surface area contributed by atoms with Crippen LogP contribution in [-0.4, -0.2) is 21.2 Å². The number of nitrogens with two attached hydrogens (primary N) is 1. The zero-order valence-electron chi connectivity index (χ0n) is 8.68. The average Bonchev–Trinajstić information content (AvgIpc) is 2.17. The Morgan fingerprint density at radius 2 is 1.93 bits per heavy atom. The van der Waals surface area contributed by atoms with Gasteiger partial charge in [0.1, 0.15) is 0 Å². The summed E-state index contributed by atoms with van der Waals surface area (Å²) in [5.41, 5.74) is 6.91. The van der Waals surface area contributed by atoms with E-state index in [-0.39, 0.29) is 6.04 Å². The van der Waals surface area contributed by atoms with Crippen molar-refractivity contribution in [2.75, 3.05) is 12.8 Å². The van der Waals surface area contributed by atoms with Gasteiger partial charge in [0.05, 0.1) is 6.26 Å². The molecule has 5 heteroatoms. The Morgan fingerprint density at radius 3 is 2.47 bits per heavy atom. The molecule has 1 aromatic rings. The lowest BCUT2D eigenvalue weighted by molar-refractivity contribution is 0.575. The maximum Gasteiger partial charge on any atom is 0.208 e. The lowest BCUT2D eigenvalue weighted by Crippen LogP contribution is -2.26. The number of benzene rings is 1. The van der Waals surface area contributed by atoms with E-state index in [0.717, 1.165) is 11.8 Å². The average molecular weight is 228 g/mol. The summed E-state index contributed by atoms with van der Waals surface area (Å²) in [5, 5.41) is 0. The highest BCUT2D eigenvalue weighted by Gasteiger charge is 2.06. The third kappa shape index (κ3) is 4.92. The Labute approximate surface area is 90.5 Å². The van der Waals surface area contributed by atoms with Gasteiger partial charge in [-0.25, -0.2) is 13.1 Å². The molecule has 0 fully saturated rings. The van der Waals surface area contributed by atoms with Gasteiger partial charge in [-0.3, -0.25) is 0 Å². The predicted molar refractivity (Wildman–Crippen MR) is 60.8 cm³/mol. The molecule has 0 amide bonds. The van der Waals surface area contributed by atoms with E-state index in [0.29, 0.717) is 13.0 Å². The number of rotatable bonds is 5. The molecule has 1 aromatic carbocycles. The van der Waals surface area contributed by atoms with Crippen LogP contribution in [0.1, 0.15) is 18.0 Å². The molecule has 15 heavy (non-hydrogen) atoms. The second kappa shape index (κ2) is 5.25. The molecule has 0 aliphatic rings. The maximum absolute atomic E-state index is 10.8. The Morgan fingerprint density at radius 1 is 1.33 bits per heavy atom. The lowest BCUT2D eigenvalue weighted by atomic mass is 10.1. The van der Waals surface area contributed by atoms with Gasteiger partial charge in [0.25, 0.3) is 0 Å². The SMILES string of the molecule is CS(=O)(=O)NCCC(N)c1ccccc1. The first kappa shape index (κ1) is 12.2. The molecule has 1 unspecified atom stereocenters. The van der Waals surface area contributed by atoms with Crippen molar-refractivity contribution < 1.29 is 8.42 Å². The molecule has 0 saturated heterocycles. The van der Waals surface area contributed by atoms with Crippen LogP contribution in [0.5, 0.6) is 0 Å². The van der Waals surface area contributed by atoms with Gasteiger partial charge in [-0.1, -0.05) is 30.3 Å². The highest BCUT2D eigenvalue weighted by molar-refractivity contribution is 7.88. The molecule has 3 N–H and O–H groups in total. The Kier molecular flexibility index (Phi) is 4.26. The summed E-state index contributed by atoms with van der Waals surface area (Å²) >= 11 is 0. The smallest absolute Gasteiger partial charge is 0.208 e. The fraction of sp³-hybridized carbons (Fsp3) is 0.400. The predicted octanol–water partition coefficient (Wildman–Crippen LogP) is 0.626. The lowest BCUT2D eigenvalue weighted by Gasteiger charge is -2.11. The van der Waals surface area contributed by atoms with E-state index < -0.39 is 10.0 Å². The summed E-state index contributed by atoms with van der Waals surface area (Å²) < 4.78 is 24.0. The Balaban J connectivity index is 2.41. The quantitative estimate of drug-likeness (QED) is 0.776. The van der Waals surface area contributed by atoms with E-state index in [1.807, 2.05) is 30.3 Å². The molecule has 0 aliphatic carbocycles. The summed E-state index contributed by atoms with van der Waals surface area (Å²) in [5.74, 6) is 0. The standard InChI is InChI=1S/C10H16N2O2S/c1-15(13,14)12-8-7-10(11)9-5-3-2-4-6-9/h2-6,10,12H,7-8,11H2,1H3. The van der Waals surface area contributed by atoms with Crippen LogP contribution in [0.3, 0.4) is 0 Å². The van der Waals surface area contributed by atoms with Gasteiger partial charge in [-0.05, 0) is 12.0 Å². The van der Waals surface area contributed by atoms with Crippen LogP contribution in [0.2, 0.25) is 0 Å². The first-order valence-electron chi connectivity index (χ1n) is 4.74. The number of hydrogen-bond donors (Lipinski definition) is 2. The fourth-order valence-corrected chi connectivity index (χ4v) is 1.76. The minimum absolute atomic E-state index is 0.125. The zero-order valence-corrected chi connectivity index (χ0v) is 9.50. The zero-order chi connectivity index (χ0) is 11.3. The number of hydrogen-bond acceptors (Lipinski definition) is 3. The van der Waals surface area contributed by atoms with Crippen molar-refractivity contribution in [3.05, 3.63) is 35.9 Å². The fourth-order valence-electron chi connectivity index (χ4n) is 1.27. The molecule has 0 spiro atoms. The topological polar surface area (TPSA) is 72.2 Å². The number of sulfonamides is 1. The van der Waals surface area contributed by atoms with Crippen LogP contribution in [0.4, 0.5) is 0 Å². The van der Waals surface area contributed by atoms with Crippen molar-refractivity contribution in [1.29, 1.82) is 0 Å². The molecule has 0 saturated carbocycles. The second-order valence-corrected chi connectivity index (χ2v) is 5.31. The minimum Gasteiger partial charge on any atom is -0.324 e. The van der Waals surface area contributed by atoms with E-state index in [2.05, 4.69) is 4.72 Å². The van der Waals surface area contributed by atoms with Gasteiger partial charge in [-0.2, -0.15) is 0 Å². The molecule has 0 bridgehead atoms. The van der Waals surface area contributed by atoms with Crippen molar-refractivity contribution in [3.63, 3.8) is 0 Å². The number of nitrogens with one attached hydrogen (secondary N) is 1. The van der Waals surface area contributed by atoms with Gasteiger partial charge < -0.3 is 5.73 Å². The monoisotopic (exact) mass is 228 g/mol. The molecule has 84 valence electrons. The summed E-state index contributed by atoms with van der Waals surface area (Å²) in [6.45, 7) is 0.370. The van der Waals surface area contributed by atoms with E-state index >= 15 is 0 Å². The highest BCUT2D eigenvalue weighted by atomic mass is 32.2. The van der Waals surface area contributed by atoms with Crippen molar-refractivity contribution >= 4 is 10.0 Å². The molecular weight excluding hydrogens is 212 g/mol. The molecular formula is C10H16N2O2S. The van der Waals surface area contributed by atoms with Crippen LogP contribution < -0.4 is 10.5 Å². The van der Waals surface area contributed by atoms with Crippen LogP contribution in [0.15, 0.2) is 30.3 Å². The van der Waals surface area contributed by atoms with Gasteiger partial charge in [0, 0.05) is 12.6 Å². The second-order valence-electron chi connectivity index (χ2n) is 3.47. The van der Waals surface area contributed by atoms with Crippen LogP contribution in [-0.2, 0) is 10.0 Å². The molecule has 0 aliphatic heterocycles. The molecule has 0 aromatic heterocycles. The Bertz CT molecular complexity index is 389. The van der Waals surface area contributed by atoms with Gasteiger partial charge in [-0.15, -0.1) is 0 Å². The molecule has 1 atom stereocenters. The molecule has 4 nitrogen and oxygen atoms in total. The third-order valence-electron chi connectivity index (χ3n) is 2.05. The van der Waals surface area contributed by atoms with Gasteiger partial charge in [0.15, 0.2) is 0 Å². The van der Waals surface area contributed by atoms with Crippen molar-refractivity contribution in [1.82, 2.24) is 4.72 Å². The van der Waals surface area contributed by atoms with E-state index in [4.69, 9.17) is 5.73 Å². The van der Waals surface area contributed by atoms with Crippen LogP contribution >= 0.6 is 0 Å². The van der Waals surface area contributed by atoms with E-state index in [1.54, 1.807) is 0 Å². The summed E-state index contributed by atoms with van der Waals surface area (Å²) in [7, 11) is -3.11. The van der Waals surface area contributed by atoms with Crippen LogP contribution in [0.25, 0.3) is 0 Å². The minimum atomic E-state index is -3.11. The first-order valence-corrected chi connectivity index (χ1v) is 6.63. The van der Waals surface area contributed by atoms with Crippen molar-refractivity contribution in [3.8, 4) is 0 Å². The molecule has 0 radical (unpaired) electrons. The summed E-state index contributed by atoms with van der Waals surface area (Å²) in [4.78, 5) is 0. The van der Waals surface area contributed by atoms with Gasteiger partial charge in [0.2, 0.25) is 10.0 Å². The molecule has 1 rings (SSSR count). The van der Waals surface area contributed by atoms with Crippen LogP contribution in [0, 0.1) is 0 Å². The normalized spacial score (nSPS) is 13.7.